The van der Waals surface area contributed by atoms with Crippen molar-refractivity contribution in [3.63, 3.8) is 0 Å². The Morgan fingerprint density at radius 1 is 1.38 bits per heavy atom. The van der Waals surface area contributed by atoms with Crippen LogP contribution in [0.15, 0.2) is 28.7 Å². The summed E-state index contributed by atoms with van der Waals surface area (Å²) in [6, 6.07) is 6.66. The number of nitrogens with zero attached hydrogens (tertiary/aromatic N) is 2. The first-order chi connectivity index (χ1) is 11.5. The van der Waals surface area contributed by atoms with Gasteiger partial charge in [-0.3, -0.25) is 4.72 Å². The van der Waals surface area contributed by atoms with Crippen molar-refractivity contribution < 1.29 is 17.6 Å². The minimum atomic E-state index is -3.57. The van der Waals surface area contributed by atoms with Gasteiger partial charge in [0.05, 0.1) is 24.1 Å². The van der Waals surface area contributed by atoms with Crippen LogP contribution in [0.25, 0.3) is 0 Å². The smallest absolute Gasteiger partial charge is 0.237 e. The monoisotopic (exact) mass is 352 g/mol. The summed E-state index contributed by atoms with van der Waals surface area (Å²) in [5.74, 6) is 1.46. The fourth-order valence-corrected chi connectivity index (χ4v) is 4.05. The van der Waals surface area contributed by atoms with Gasteiger partial charge in [-0.25, -0.2) is 8.42 Å². The highest BCUT2D eigenvalue weighted by atomic mass is 32.2. The Labute approximate surface area is 140 Å². The summed E-state index contributed by atoms with van der Waals surface area (Å²) in [5.41, 5.74) is 0.425. The minimum absolute atomic E-state index is 0.253. The lowest BCUT2D eigenvalue weighted by Gasteiger charge is -2.15. The van der Waals surface area contributed by atoms with Crippen molar-refractivity contribution in [2.75, 3.05) is 18.4 Å². The average Bonchev–Trinajstić information content (AvgIpc) is 3.24. The topological polar surface area (TPSA) is 106 Å². The van der Waals surface area contributed by atoms with E-state index in [1.807, 2.05) is 6.92 Å². The van der Waals surface area contributed by atoms with E-state index in [9.17, 15) is 8.42 Å². The molecular formula is C15H20N4O4S. The maximum atomic E-state index is 12.6. The van der Waals surface area contributed by atoms with Gasteiger partial charge >= 0.3 is 0 Å². The lowest BCUT2D eigenvalue weighted by atomic mass is 10.2. The summed E-state index contributed by atoms with van der Waals surface area (Å²) < 4.78 is 38.6. The molecule has 0 spiro atoms. The molecule has 2 aromatic rings. The van der Waals surface area contributed by atoms with Gasteiger partial charge in [0.1, 0.15) is 5.75 Å². The zero-order valence-electron chi connectivity index (χ0n) is 13.5. The molecule has 1 saturated heterocycles. The molecular weight excluding hydrogens is 332 g/mol. The van der Waals surface area contributed by atoms with E-state index in [1.165, 1.54) is 7.11 Å². The number of benzene rings is 1. The Morgan fingerprint density at radius 3 is 2.88 bits per heavy atom. The lowest BCUT2D eigenvalue weighted by Crippen LogP contribution is -2.29. The van der Waals surface area contributed by atoms with E-state index < -0.39 is 15.3 Å². The molecule has 1 fully saturated rings. The second kappa shape index (κ2) is 6.78. The number of aromatic nitrogens is 2. The molecule has 2 heterocycles. The third-order valence-corrected chi connectivity index (χ3v) is 5.71. The largest absolute Gasteiger partial charge is 0.495 e. The number of hydrogen-bond donors (Lipinski definition) is 2. The molecule has 0 bridgehead atoms. The van der Waals surface area contributed by atoms with Crippen LogP contribution in [0.3, 0.4) is 0 Å². The Balaban J connectivity index is 1.72. The number of sulfonamides is 1. The molecule has 8 nitrogen and oxygen atoms in total. The number of methoxy groups -OCH3 is 1. The second-order valence-corrected chi connectivity index (χ2v) is 7.51. The standard InChI is InChI=1S/C15H20N4O4S/c1-3-14-17-18-15(23-14)12-8-10(9-16-12)24(20,21)19-11-6-4-5-7-13(11)22-2/h4-7,10,12,16,19H,3,8-9H2,1-2H3. The molecule has 2 atom stereocenters. The van der Waals surface area contributed by atoms with Crippen molar-refractivity contribution in [3.8, 4) is 5.75 Å². The highest BCUT2D eigenvalue weighted by molar-refractivity contribution is 7.93. The van der Waals surface area contributed by atoms with E-state index >= 15 is 0 Å². The fourth-order valence-electron chi connectivity index (χ4n) is 2.64. The van der Waals surface area contributed by atoms with Crippen molar-refractivity contribution in [1.82, 2.24) is 15.5 Å². The van der Waals surface area contributed by atoms with Crippen LogP contribution in [0.1, 0.15) is 31.2 Å². The third-order valence-electron chi connectivity index (χ3n) is 3.97. The quantitative estimate of drug-likeness (QED) is 0.811. The first-order valence-corrected chi connectivity index (χ1v) is 9.28. The molecule has 1 aromatic heterocycles. The molecule has 1 aromatic carbocycles. The van der Waals surface area contributed by atoms with Gasteiger partial charge in [0, 0.05) is 13.0 Å². The molecule has 24 heavy (non-hydrogen) atoms. The van der Waals surface area contributed by atoms with E-state index in [0.717, 1.165) is 0 Å². The van der Waals surface area contributed by atoms with Crippen LogP contribution in [-0.4, -0.2) is 37.5 Å². The number of anilines is 1. The SMILES string of the molecule is CCc1nnc(C2CC(S(=O)(=O)Nc3ccccc3OC)CN2)o1. The van der Waals surface area contributed by atoms with Crippen LogP contribution in [0, 0.1) is 0 Å². The molecule has 1 aliphatic heterocycles. The van der Waals surface area contributed by atoms with Gasteiger partial charge in [-0.1, -0.05) is 19.1 Å². The molecule has 0 radical (unpaired) electrons. The Kier molecular flexibility index (Phi) is 4.72. The van der Waals surface area contributed by atoms with Gasteiger partial charge in [-0.2, -0.15) is 0 Å². The Morgan fingerprint density at radius 2 is 2.17 bits per heavy atom. The molecule has 2 N–H and O–H groups in total. The summed E-state index contributed by atoms with van der Waals surface area (Å²) in [6.45, 7) is 2.24. The van der Waals surface area contributed by atoms with Crippen molar-refractivity contribution in [3.05, 3.63) is 36.0 Å². The zero-order valence-corrected chi connectivity index (χ0v) is 14.3. The van der Waals surface area contributed by atoms with Gasteiger partial charge in [0.15, 0.2) is 0 Å². The van der Waals surface area contributed by atoms with E-state index in [1.54, 1.807) is 24.3 Å². The molecule has 130 valence electrons. The highest BCUT2D eigenvalue weighted by Crippen LogP contribution is 2.30. The van der Waals surface area contributed by atoms with Crippen molar-refractivity contribution in [1.29, 1.82) is 0 Å². The van der Waals surface area contributed by atoms with E-state index in [2.05, 4.69) is 20.2 Å². The van der Waals surface area contributed by atoms with Gasteiger partial charge in [-0.15, -0.1) is 10.2 Å². The number of rotatable bonds is 6. The van der Waals surface area contributed by atoms with Gasteiger partial charge in [0.2, 0.25) is 21.8 Å². The number of aryl methyl sites for hydroxylation is 1. The summed E-state index contributed by atoms with van der Waals surface area (Å²) in [6.07, 6.45) is 1.02. The molecule has 0 amide bonds. The predicted molar refractivity (Wildman–Crippen MR) is 88.4 cm³/mol. The van der Waals surface area contributed by atoms with Gasteiger partial charge in [0.25, 0.3) is 0 Å². The number of nitrogens with one attached hydrogen (secondary N) is 2. The van der Waals surface area contributed by atoms with Crippen molar-refractivity contribution in [2.45, 2.75) is 31.1 Å². The number of para-hydroxylation sites is 2. The summed E-state index contributed by atoms with van der Waals surface area (Å²) in [7, 11) is -2.07. The van der Waals surface area contributed by atoms with Crippen molar-refractivity contribution >= 4 is 15.7 Å². The molecule has 9 heteroatoms. The molecule has 2 unspecified atom stereocenters. The normalized spacial score (nSPS) is 20.9. The van der Waals surface area contributed by atoms with Crippen LogP contribution in [-0.2, 0) is 16.4 Å². The maximum absolute atomic E-state index is 12.6. The minimum Gasteiger partial charge on any atom is -0.495 e. The summed E-state index contributed by atoms with van der Waals surface area (Å²) in [4.78, 5) is 0. The van der Waals surface area contributed by atoms with Crippen molar-refractivity contribution in [2.24, 2.45) is 0 Å². The third kappa shape index (κ3) is 3.36. The summed E-state index contributed by atoms with van der Waals surface area (Å²) in [5, 5.41) is 10.4. The number of hydrogen-bond acceptors (Lipinski definition) is 7. The van der Waals surface area contributed by atoms with Crippen LogP contribution < -0.4 is 14.8 Å². The van der Waals surface area contributed by atoms with Crippen LogP contribution in [0.4, 0.5) is 5.69 Å². The predicted octanol–water partition coefficient (Wildman–Crippen LogP) is 1.49. The Bertz CT molecular complexity index is 805. The molecule has 0 saturated carbocycles. The maximum Gasteiger partial charge on any atom is 0.237 e. The molecule has 1 aliphatic rings. The van der Waals surface area contributed by atoms with E-state index in [4.69, 9.17) is 9.15 Å². The number of ether oxygens (including phenoxy) is 1. The summed E-state index contributed by atoms with van der Waals surface area (Å²) >= 11 is 0. The van der Waals surface area contributed by atoms with Crippen LogP contribution in [0.2, 0.25) is 0 Å². The molecule has 3 rings (SSSR count). The van der Waals surface area contributed by atoms with E-state index in [-0.39, 0.29) is 6.04 Å². The average molecular weight is 352 g/mol. The first kappa shape index (κ1) is 16.7. The Hall–Kier alpha value is -2.13. The van der Waals surface area contributed by atoms with Crippen LogP contribution in [0.5, 0.6) is 5.75 Å². The van der Waals surface area contributed by atoms with Crippen LogP contribution >= 0.6 is 0 Å². The van der Waals surface area contributed by atoms with Gasteiger partial charge in [-0.05, 0) is 18.6 Å². The van der Waals surface area contributed by atoms with E-state index in [0.29, 0.717) is 42.6 Å². The lowest BCUT2D eigenvalue weighted by molar-refractivity contribution is 0.405. The second-order valence-electron chi connectivity index (χ2n) is 5.55. The fraction of sp³-hybridized carbons (Fsp3) is 0.467. The first-order valence-electron chi connectivity index (χ1n) is 7.73. The zero-order chi connectivity index (χ0) is 17.2. The highest BCUT2D eigenvalue weighted by Gasteiger charge is 2.37. The molecule has 0 aliphatic carbocycles. The van der Waals surface area contributed by atoms with Gasteiger partial charge < -0.3 is 14.5 Å².